The van der Waals surface area contributed by atoms with Crippen LogP contribution in [-0.4, -0.2) is 16.4 Å². The van der Waals surface area contributed by atoms with Crippen molar-refractivity contribution in [3.05, 3.63) is 179 Å². The quantitative estimate of drug-likeness (QED) is 0.163. The SMILES string of the molecule is N#Cc1cc(C#N)cc(-c2cccc3c4cccc(-c5cc(C#N)cc(C#N)c5)c4n(-c4cccc5c4C(=O)N(c4cccc(-c6ccccc6)c4)C5=O)c23)c1. The Balaban J connectivity index is 1.36. The lowest BCUT2D eigenvalue weighted by atomic mass is 9.97. The molecule has 2 heterocycles. The van der Waals surface area contributed by atoms with E-state index >= 15 is 0 Å². The fourth-order valence-electron chi connectivity index (χ4n) is 7.79. The largest absolute Gasteiger partial charge is 0.307 e. The molecule has 0 saturated carbocycles. The van der Waals surface area contributed by atoms with E-state index in [9.17, 15) is 30.6 Å². The zero-order valence-corrected chi connectivity index (χ0v) is 29.4. The van der Waals surface area contributed by atoms with Gasteiger partial charge in [-0.05, 0) is 82.9 Å². The molecular weight excluding hydrogens is 693 g/mol. The lowest BCUT2D eigenvalue weighted by Crippen LogP contribution is -2.29. The van der Waals surface area contributed by atoms with Gasteiger partial charge in [0.2, 0.25) is 0 Å². The highest BCUT2D eigenvalue weighted by atomic mass is 16.2. The predicted octanol–water partition coefficient (Wildman–Crippen LogP) is 10.1. The summed E-state index contributed by atoms with van der Waals surface area (Å²) in [6.07, 6.45) is 0. The highest BCUT2D eigenvalue weighted by Crippen LogP contribution is 2.44. The minimum atomic E-state index is -0.493. The molecule has 0 unspecified atom stereocenters. The molecule has 1 aromatic heterocycles. The van der Waals surface area contributed by atoms with Crippen LogP contribution in [0.25, 0.3) is 60.9 Å². The Morgan fingerprint density at radius 3 is 1.43 bits per heavy atom. The summed E-state index contributed by atoms with van der Waals surface area (Å²) in [5.74, 6) is -0.952. The number of amides is 2. The number of aromatic nitrogens is 1. The van der Waals surface area contributed by atoms with E-state index in [4.69, 9.17) is 0 Å². The number of benzene rings is 7. The van der Waals surface area contributed by atoms with E-state index in [1.54, 1.807) is 48.5 Å². The number of imide groups is 1. The number of carbonyl (C=O) groups is 2. The fraction of sp³-hybridized carbons (Fsp3) is 0. The van der Waals surface area contributed by atoms with E-state index in [0.29, 0.717) is 66.9 Å². The summed E-state index contributed by atoms with van der Waals surface area (Å²) in [7, 11) is 0. The van der Waals surface area contributed by atoms with Crippen LogP contribution < -0.4 is 4.90 Å². The Kier molecular flexibility index (Phi) is 7.81. The van der Waals surface area contributed by atoms with Crippen molar-refractivity contribution in [3.8, 4) is 63.3 Å². The molecule has 7 aromatic carbocycles. The lowest BCUT2D eigenvalue weighted by molar-refractivity contribution is 0.0926. The Bertz CT molecular complexity index is 2990. The monoisotopic (exact) mass is 716 g/mol. The van der Waals surface area contributed by atoms with Crippen molar-refractivity contribution >= 4 is 39.3 Å². The third-order valence-electron chi connectivity index (χ3n) is 10.2. The maximum Gasteiger partial charge on any atom is 0.268 e. The second-order valence-electron chi connectivity index (χ2n) is 13.3. The van der Waals surface area contributed by atoms with Gasteiger partial charge in [-0.3, -0.25) is 9.59 Å². The van der Waals surface area contributed by atoms with Crippen LogP contribution >= 0.6 is 0 Å². The minimum absolute atomic E-state index is 0.206. The van der Waals surface area contributed by atoms with Crippen molar-refractivity contribution in [1.82, 2.24) is 4.57 Å². The molecule has 8 heteroatoms. The van der Waals surface area contributed by atoms with Crippen LogP contribution in [0.4, 0.5) is 5.69 Å². The maximum atomic E-state index is 14.8. The first-order valence-corrected chi connectivity index (χ1v) is 17.6. The molecule has 2 amide bonds. The molecule has 258 valence electrons. The van der Waals surface area contributed by atoms with Gasteiger partial charge in [0, 0.05) is 21.9 Å². The standard InChI is InChI=1S/C48H24N6O2/c49-25-29-18-30(26-50)21-35(20-29)38-12-5-14-40-41-15-6-13-39(36-22-31(27-51)19-32(23-36)28-52)46(41)54(45(38)40)43-17-7-16-42-44(43)48(56)53(47(42)55)37-11-4-10-34(24-37)33-8-2-1-3-9-33/h1-24H. The molecule has 0 radical (unpaired) electrons. The minimum Gasteiger partial charge on any atom is -0.307 e. The number of hydrogen-bond acceptors (Lipinski definition) is 6. The average Bonchev–Trinajstić information content (AvgIpc) is 3.74. The third kappa shape index (κ3) is 5.19. The Morgan fingerprint density at radius 1 is 0.411 bits per heavy atom. The number of fused-ring (bicyclic) bond motifs is 4. The van der Waals surface area contributed by atoms with E-state index in [0.717, 1.165) is 21.9 Å². The van der Waals surface area contributed by atoms with Crippen LogP contribution in [0.5, 0.6) is 0 Å². The highest BCUT2D eigenvalue weighted by Gasteiger charge is 2.40. The molecule has 8 nitrogen and oxygen atoms in total. The maximum absolute atomic E-state index is 14.8. The Morgan fingerprint density at radius 2 is 0.893 bits per heavy atom. The van der Waals surface area contributed by atoms with Crippen molar-refractivity contribution in [2.45, 2.75) is 0 Å². The van der Waals surface area contributed by atoms with Crippen LogP contribution in [-0.2, 0) is 0 Å². The van der Waals surface area contributed by atoms with Gasteiger partial charge >= 0.3 is 0 Å². The molecule has 56 heavy (non-hydrogen) atoms. The molecule has 0 N–H and O–H groups in total. The molecule has 9 rings (SSSR count). The summed E-state index contributed by atoms with van der Waals surface area (Å²) in [5, 5.41) is 41.3. The van der Waals surface area contributed by atoms with Crippen LogP contribution in [0.15, 0.2) is 146 Å². The molecular formula is C48H24N6O2. The van der Waals surface area contributed by atoms with Gasteiger partial charge in [-0.25, -0.2) is 4.90 Å². The van der Waals surface area contributed by atoms with Gasteiger partial charge in [0.1, 0.15) is 0 Å². The van der Waals surface area contributed by atoms with Gasteiger partial charge in [-0.2, -0.15) is 21.0 Å². The highest BCUT2D eigenvalue weighted by molar-refractivity contribution is 6.36. The van der Waals surface area contributed by atoms with E-state index in [2.05, 4.69) is 24.3 Å². The van der Waals surface area contributed by atoms with Gasteiger partial charge in [-0.15, -0.1) is 0 Å². The summed E-state index contributed by atoms with van der Waals surface area (Å²) in [4.78, 5) is 30.4. The van der Waals surface area contributed by atoms with Gasteiger partial charge in [0.15, 0.2) is 0 Å². The number of nitrogens with zero attached hydrogens (tertiary/aromatic N) is 6. The molecule has 8 aromatic rings. The zero-order valence-electron chi connectivity index (χ0n) is 29.4. The van der Waals surface area contributed by atoms with Crippen LogP contribution in [0.2, 0.25) is 0 Å². The molecule has 0 fully saturated rings. The van der Waals surface area contributed by atoms with Crippen LogP contribution in [0, 0.1) is 45.3 Å². The van der Waals surface area contributed by atoms with E-state index < -0.39 is 11.8 Å². The normalized spacial score (nSPS) is 11.9. The second kappa shape index (κ2) is 13.1. The van der Waals surface area contributed by atoms with E-state index in [1.807, 2.05) is 89.5 Å². The van der Waals surface area contributed by atoms with Crippen molar-refractivity contribution in [1.29, 1.82) is 21.0 Å². The topological polar surface area (TPSA) is 137 Å². The van der Waals surface area contributed by atoms with Gasteiger partial charge < -0.3 is 4.57 Å². The molecule has 1 aliphatic heterocycles. The van der Waals surface area contributed by atoms with Crippen LogP contribution in [0.3, 0.4) is 0 Å². The predicted molar refractivity (Wildman–Crippen MR) is 214 cm³/mol. The molecule has 0 spiro atoms. The van der Waals surface area contributed by atoms with Crippen molar-refractivity contribution in [3.63, 3.8) is 0 Å². The van der Waals surface area contributed by atoms with Gasteiger partial charge in [0.05, 0.1) is 80.1 Å². The van der Waals surface area contributed by atoms with E-state index in [-0.39, 0.29) is 11.1 Å². The summed E-state index contributed by atoms with van der Waals surface area (Å²) in [6.45, 7) is 0. The summed E-state index contributed by atoms with van der Waals surface area (Å²) in [5.41, 5.74) is 8.29. The van der Waals surface area contributed by atoms with Gasteiger partial charge in [0.25, 0.3) is 11.8 Å². The van der Waals surface area contributed by atoms with Crippen molar-refractivity contribution in [2.24, 2.45) is 0 Å². The summed E-state index contributed by atoms with van der Waals surface area (Å²) >= 11 is 0. The lowest BCUT2D eigenvalue weighted by Gasteiger charge is -2.17. The Labute approximate surface area is 320 Å². The fourth-order valence-corrected chi connectivity index (χ4v) is 7.79. The third-order valence-corrected chi connectivity index (χ3v) is 10.2. The first-order chi connectivity index (χ1) is 27.4. The van der Waals surface area contributed by atoms with E-state index in [1.165, 1.54) is 17.0 Å². The number of carbonyl (C=O) groups excluding carboxylic acids is 2. The number of hydrogen-bond donors (Lipinski definition) is 0. The molecule has 0 atom stereocenters. The van der Waals surface area contributed by atoms with Gasteiger partial charge in [-0.1, -0.05) is 84.9 Å². The summed E-state index contributed by atoms with van der Waals surface area (Å²) in [6, 6.07) is 52.4. The van der Waals surface area contributed by atoms with Crippen molar-refractivity contribution < 1.29 is 9.59 Å². The molecule has 0 aliphatic carbocycles. The average molecular weight is 717 g/mol. The van der Waals surface area contributed by atoms with Crippen LogP contribution in [0.1, 0.15) is 43.0 Å². The molecule has 1 aliphatic rings. The smallest absolute Gasteiger partial charge is 0.268 e. The number of rotatable bonds is 5. The molecule has 0 saturated heterocycles. The number of para-hydroxylation sites is 2. The van der Waals surface area contributed by atoms with Crippen molar-refractivity contribution in [2.75, 3.05) is 4.90 Å². The first kappa shape index (κ1) is 33.3. The first-order valence-electron chi connectivity index (χ1n) is 17.6. The molecule has 0 bridgehead atoms. The Hall–Kier alpha value is -8.56. The number of anilines is 1. The zero-order chi connectivity index (χ0) is 38.5. The number of nitriles is 4. The second-order valence-corrected chi connectivity index (χ2v) is 13.3. The summed E-state index contributed by atoms with van der Waals surface area (Å²) < 4.78 is 1.96.